The molecule has 2 aromatic carbocycles. The lowest BCUT2D eigenvalue weighted by Gasteiger charge is -2.38. The summed E-state index contributed by atoms with van der Waals surface area (Å²) < 4.78 is 22.8. The van der Waals surface area contributed by atoms with Gasteiger partial charge in [0.05, 0.1) is 25.0 Å². The lowest BCUT2D eigenvalue weighted by molar-refractivity contribution is -0.142. The second kappa shape index (κ2) is 10.6. The number of anilines is 1. The highest BCUT2D eigenvalue weighted by Gasteiger charge is 2.72. The van der Waals surface area contributed by atoms with Gasteiger partial charge in [-0.2, -0.15) is 0 Å². The van der Waals surface area contributed by atoms with Crippen molar-refractivity contribution in [2.75, 3.05) is 19.2 Å². The van der Waals surface area contributed by atoms with Crippen molar-refractivity contribution in [3.8, 4) is 17.2 Å². The van der Waals surface area contributed by atoms with Crippen molar-refractivity contribution in [2.45, 2.75) is 63.4 Å². The zero-order valence-electron chi connectivity index (χ0n) is 24.6. The third-order valence-corrected chi connectivity index (χ3v) is 10.1. The van der Waals surface area contributed by atoms with Gasteiger partial charge >= 0.3 is 0 Å². The number of hydrogen-bond donors (Lipinski definition) is 2. The molecular weight excluding hydrogens is 550 g/mol. The Labute approximate surface area is 250 Å². The first-order valence-electron chi connectivity index (χ1n) is 15.1. The topological polar surface area (TPSA) is 115 Å². The monoisotopic (exact) mass is 587 g/mol. The fourth-order valence-corrected chi connectivity index (χ4v) is 7.62. The van der Waals surface area contributed by atoms with Crippen molar-refractivity contribution < 1.29 is 33.3 Å². The van der Waals surface area contributed by atoms with Gasteiger partial charge < -0.3 is 34.5 Å². The van der Waals surface area contributed by atoms with Crippen LogP contribution in [-0.2, 0) is 25.7 Å². The maximum atomic E-state index is 14.4. The van der Waals surface area contributed by atoms with Crippen molar-refractivity contribution in [2.24, 2.45) is 23.7 Å². The highest BCUT2D eigenvalue weighted by molar-refractivity contribution is 6.02. The minimum Gasteiger partial charge on any atom is -0.497 e. The minimum absolute atomic E-state index is 0.00551. The van der Waals surface area contributed by atoms with Crippen LogP contribution >= 0.6 is 0 Å². The largest absolute Gasteiger partial charge is 0.497 e. The van der Waals surface area contributed by atoms with E-state index in [-0.39, 0.29) is 37.1 Å². The van der Waals surface area contributed by atoms with Crippen LogP contribution in [0.4, 0.5) is 5.69 Å². The van der Waals surface area contributed by atoms with Crippen molar-refractivity contribution in [3.63, 3.8) is 0 Å². The Morgan fingerprint density at radius 2 is 1.84 bits per heavy atom. The quantitative estimate of drug-likeness (QED) is 0.475. The summed E-state index contributed by atoms with van der Waals surface area (Å²) in [5.74, 6) is 0.243. The second-order valence-corrected chi connectivity index (χ2v) is 12.5. The molecule has 1 spiro atoms. The van der Waals surface area contributed by atoms with E-state index < -0.39 is 29.6 Å². The number of hydrogen-bond acceptors (Lipinski definition) is 7. The molecule has 2 N–H and O–H groups in total. The average molecular weight is 588 g/mol. The van der Waals surface area contributed by atoms with E-state index in [1.165, 1.54) is 0 Å². The van der Waals surface area contributed by atoms with Crippen LogP contribution in [0.1, 0.15) is 38.7 Å². The van der Waals surface area contributed by atoms with Crippen molar-refractivity contribution >= 4 is 23.4 Å². The Morgan fingerprint density at radius 1 is 1.05 bits per heavy atom. The number of benzene rings is 2. The Hall–Kier alpha value is -4.05. The van der Waals surface area contributed by atoms with E-state index in [9.17, 15) is 14.4 Å². The van der Waals surface area contributed by atoms with E-state index in [2.05, 4.69) is 24.5 Å². The number of methoxy groups -OCH3 is 1. The van der Waals surface area contributed by atoms with Crippen LogP contribution in [0.3, 0.4) is 0 Å². The number of rotatable bonds is 7. The van der Waals surface area contributed by atoms with Crippen LogP contribution in [0.15, 0.2) is 54.6 Å². The van der Waals surface area contributed by atoms with Crippen molar-refractivity contribution in [3.05, 3.63) is 60.2 Å². The molecule has 0 radical (unpaired) electrons. The molecule has 4 heterocycles. The lowest BCUT2D eigenvalue weighted by Crippen LogP contribution is -2.57. The van der Waals surface area contributed by atoms with E-state index in [0.29, 0.717) is 34.8 Å². The van der Waals surface area contributed by atoms with Gasteiger partial charge in [-0.15, -0.1) is 0 Å². The summed E-state index contributed by atoms with van der Waals surface area (Å²) in [5, 5.41) is 6.25. The summed E-state index contributed by atoms with van der Waals surface area (Å²) in [4.78, 5) is 44.0. The minimum atomic E-state index is -1.24. The SMILES string of the molecule is COc1ccc(NC(=O)C2C3C=CC4(O3)C2C(=O)N(Cc2ccc3c(c2)OCO3)C4C(=O)NC2CCCC(C)C2C)cc1. The molecule has 1 aliphatic carbocycles. The molecule has 2 saturated heterocycles. The molecule has 10 nitrogen and oxygen atoms in total. The number of nitrogens with zero attached hydrogens (tertiary/aromatic N) is 1. The van der Waals surface area contributed by atoms with Gasteiger partial charge in [-0.1, -0.05) is 44.9 Å². The summed E-state index contributed by atoms with van der Waals surface area (Å²) in [7, 11) is 1.58. The smallest absolute Gasteiger partial charge is 0.246 e. The molecule has 10 heteroatoms. The van der Waals surface area contributed by atoms with E-state index >= 15 is 0 Å². The lowest BCUT2D eigenvalue weighted by atomic mass is 9.73. The number of amides is 3. The van der Waals surface area contributed by atoms with Crippen LogP contribution in [0.5, 0.6) is 17.2 Å². The third-order valence-electron chi connectivity index (χ3n) is 10.1. The van der Waals surface area contributed by atoms with Crippen LogP contribution in [0.2, 0.25) is 0 Å². The Bertz CT molecular complexity index is 1480. The first-order chi connectivity index (χ1) is 20.8. The number of fused-ring (bicyclic) bond motifs is 2. The van der Waals surface area contributed by atoms with Gasteiger partial charge in [-0.25, -0.2) is 0 Å². The molecule has 2 bridgehead atoms. The van der Waals surface area contributed by atoms with E-state index in [4.69, 9.17) is 18.9 Å². The molecule has 8 atom stereocenters. The number of ether oxygens (including phenoxy) is 4. The number of carbonyl (C=O) groups is 3. The predicted molar refractivity (Wildman–Crippen MR) is 156 cm³/mol. The average Bonchev–Trinajstić information content (AvgIpc) is 3.77. The third kappa shape index (κ3) is 4.54. The van der Waals surface area contributed by atoms with Crippen LogP contribution in [0.25, 0.3) is 0 Å². The fraction of sp³-hybridized carbons (Fsp3) is 0.485. The number of carbonyl (C=O) groups excluding carboxylic acids is 3. The maximum Gasteiger partial charge on any atom is 0.246 e. The van der Waals surface area contributed by atoms with Crippen molar-refractivity contribution in [1.82, 2.24) is 10.2 Å². The molecule has 1 saturated carbocycles. The first-order valence-corrected chi connectivity index (χ1v) is 15.1. The van der Waals surface area contributed by atoms with Gasteiger partial charge in [0.15, 0.2) is 11.5 Å². The highest BCUT2D eigenvalue weighted by Crippen LogP contribution is 2.55. The van der Waals surface area contributed by atoms with Crippen LogP contribution in [-0.4, -0.2) is 60.3 Å². The zero-order chi connectivity index (χ0) is 29.9. The Morgan fingerprint density at radius 3 is 2.63 bits per heavy atom. The van der Waals surface area contributed by atoms with Gasteiger partial charge in [0.2, 0.25) is 24.5 Å². The van der Waals surface area contributed by atoms with Crippen LogP contribution in [0, 0.1) is 23.7 Å². The normalized spacial score (nSPS) is 33.4. The molecule has 8 unspecified atom stereocenters. The molecule has 2 aromatic rings. The van der Waals surface area contributed by atoms with E-state index in [1.54, 1.807) is 36.3 Å². The standard InChI is InChI=1S/C33H37N3O7/c1-18-5-4-6-23(19(18)2)35-31(38)29-33-14-13-25(43-33)27(30(37)34-21-8-10-22(40-3)11-9-21)28(33)32(39)36(29)16-20-7-12-24-26(15-20)42-17-41-24/h7-15,18-19,23,25,27-29H,4-6,16-17H2,1-3H3,(H,34,37)(H,35,38). The summed E-state index contributed by atoms with van der Waals surface area (Å²) in [6.07, 6.45) is 6.13. The van der Waals surface area contributed by atoms with Gasteiger partial charge in [-0.05, 0) is 60.2 Å². The summed E-state index contributed by atoms with van der Waals surface area (Å²) in [6.45, 7) is 4.70. The van der Waals surface area contributed by atoms with E-state index in [0.717, 1.165) is 24.8 Å². The molecular formula is C33H37N3O7. The molecule has 7 rings (SSSR count). The van der Waals surface area contributed by atoms with Crippen molar-refractivity contribution in [1.29, 1.82) is 0 Å². The Kier molecular flexibility index (Phi) is 6.84. The summed E-state index contributed by atoms with van der Waals surface area (Å²) in [5.41, 5.74) is 0.140. The van der Waals surface area contributed by atoms with E-state index in [1.807, 2.05) is 30.4 Å². The molecule has 3 fully saturated rings. The summed E-state index contributed by atoms with van der Waals surface area (Å²) in [6, 6.07) is 11.6. The predicted octanol–water partition coefficient (Wildman–Crippen LogP) is 3.65. The number of likely N-dealkylation sites (tertiary alicyclic amines) is 1. The first kappa shape index (κ1) is 27.8. The summed E-state index contributed by atoms with van der Waals surface area (Å²) >= 11 is 0. The Balaban J connectivity index is 1.20. The molecule has 4 aliphatic heterocycles. The molecule has 0 aromatic heterocycles. The van der Waals surface area contributed by atoms with Gasteiger partial charge in [0.25, 0.3) is 0 Å². The zero-order valence-corrected chi connectivity index (χ0v) is 24.6. The second-order valence-electron chi connectivity index (χ2n) is 12.5. The molecule has 43 heavy (non-hydrogen) atoms. The molecule has 226 valence electrons. The molecule has 5 aliphatic rings. The molecule has 3 amide bonds. The number of nitrogens with one attached hydrogen (secondary N) is 2. The van der Waals surface area contributed by atoms with Crippen LogP contribution < -0.4 is 24.8 Å². The maximum absolute atomic E-state index is 14.4. The van der Waals surface area contributed by atoms with Gasteiger partial charge in [0, 0.05) is 18.3 Å². The fourth-order valence-electron chi connectivity index (χ4n) is 7.62. The van der Waals surface area contributed by atoms with Gasteiger partial charge in [-0.3, -0.25) is 14.4 Å². The van der Waals surface area contributed by atoms with Gasteiger partial charge in [0.1, 0.15) is 17.4 Å². The highest BCUT2D eigenvalue weighted by atomic mass is 16.7.